The van der Waals surface area contributed by atoms with E-state index in [1.54, 1.807) is 6.20 Å². The van der Waals surface area contributed by atoms with Gasteiger partial charge in [0.1, 0.15) is 5.76 Å². The number of oxazole rings is 1. The average Bonchev–Trinajstić information content (AvgIpc) is 3.84. The summed E-state index contributed by atoms with van der Waals surface area (Å²) in [6, 6.07) is 0. The van der Waals surface area contributed by atoms with Crippen LogP contribution in [0.25, 0.3) is 5.57 Å². The Bertz CT molecular complexity index is 1880. The van der Waals surface area contributed by atoms with Crippen LogP contribution in [0.1, 0.15) is 66.1 Å². The second-order valence-electron chi connectivity index (χ2n) is 12.0. The molecule has 9 heteroatoms. The van der Waals surface area contributed by atoms with E-state index in [4.69, 9.17) is 24.1 Å². The summed E-state index contributed by atoms with van der Waals surface area (Å²) in [6.45, 7) is 10.5. The molecule has 7 rings (SSSR count). The summed E-state index contributed by atoms with van der Waals surface area (Å²) in [6.07, 6.45) is 11.4. The Hall–Kier alpha value is -4.79. The van der Waals surface area contributed by atoms with Crippen LogP contribution >= 0.6 is 0 Å². The van der Waals surface area contributed by atoms with Gasteiger partial charge in [-0.25, -0.2) is 20.0 Å². The summed E-state index contributed by atoms with van der Waals surface area (Å²) in [5, 5.41) is 14.9. The number of methoxy groups -OCH3 is 1. The smallest absolute Gasteiger partial charge is 0.305 e. The number of esters is 1. The first-order chi connectivity index (χ1) is 21.2. The minimum Gasteiger partial charge on any atom is -0.511 e. The number of hydrogen-bond acceptors (Lipinski definition) is 9. The number of aliphatic hydroxyl groups is 1. The van der Waals surface area contributed by atoms with Crippen LogP contribution in [0.4, 0.5) is 0 Å². The first-order valence-electron chi connectivity index (χ1n) is 15.1. The van der Waals surface area contributed by atoms with Crippen molar-refractivity contribution < 1.29 is 19.1 Å². The molecular formula is C35H35N5O4. The lowest BCUT2D eigenvalue weighted by Crippen LogP contribution is -2.16. The number of nitrogens with one attached hydrogen (secondary N) is 1. The number of ether oxygens (including phenoxy) is 1. The predicted molar refractivity (Wildman–Crippen MR) is 170 cm³/mol. The Kier molecular flexibility index (Phi) is 6.64. The van der Waals surface area contributed by atoms with E-state index in [1.807, 2.05) is 26.0 Å². The molecule has 2 N–H and O–H groups in total. The third-order valence-electron chi connectivity index (χ3n) is 9.62. The molecule has 8 bridgehead atoms. The minimum absolute atomic E-state index is 0.00233. The lowest BCUT2D eigenvalue weighted by Gasteiger charge is -2.17. The molecule has 0 spiro atoms. The second-order valence-corrected chi connectivity index (χ2v) is 12.0. The van der Waals surface area contributed by atoms with Crippen molar-refractivity contribution in [3.05, 3.63) is 104 Å². The van der Waals surface area contributed by atoms with E-state index in [0.29, 0.717) is 30.8 Å². The van der Waals surface area contributed by atoms with E-state index in [-0.39, 0.29) is 17.8 Å². The van der Waals surface area contributed by atoms with Gasteiger partial charge in [0.2, 0.25) is 0 Å². The predicted octanol–water partition coefficient (Wildman–Crippen LogP) is 6.76. The molecule has 0 aromatic carbocycles. The van der Waals surface area contributed by atoms with Crippen molar-refractivity contribution in [1.82, 2.24) is 10.3 Å². The maximum atomic E-state index is 12.2. The minimum atomic E-state index is -0.244. The Morgan fingerprint density at radius 2 is 1.82 bits per heavy atom. The van der Waals surface area contributed by atoms with Crippen molar-refractivity contribution in [2.45, 2.75) is 60.3 Å². The number of carbonyl (C=O) groups is 1. The lowest BCUT2D eigenvalue weighted by atomic mass is 9.86. The molecular weight excluding hydrogens is 554 g/mol. The zero-order chi connectivity index (χ0) is 30.9. The van der Waals surface area contributed by atoms with Gasteiger partial charge in [-0.3, -0.25) is 4.79 Å². The Balaban J connectivity index is 1.47. The number of rotatable bonds is 5. The molecule has 2 atom stereocenters. The number of aromatic nitrogens is 1. The highest BCUT2D eigenvalue weighted by Gasteiger charge is 2.41. The van der Waals surface area contributed by atoms with E-state index in [1.165, 1.54) is 13.5 Å². The van der Waals surface area contributed by atoms with Gasteiger partial charge in [-0.1, -0.05) is 13.8 Å². The number of aliphatic imine (C=N–C) groups is 3. The Morgan fingerprint density at radius 1 is 1.05 bits per heavy atom. The molecule has 1 aromatic rings. The summed E-state index contributed by atoms with van der Waals surface area (Å²) in [5.41, 5.74) is 13.7. The summed E-state index contributed by atoms with van der Waals surface area (Å²) in [7, 11) is 1.42. The largest absolute Gasteiger partial charge is 0.511 e. The lowest BCUT2D eigenvalue weighted by molar-refractivity contribution is -0.140. The third kappa shape index (κ3) is 4.24. The highest BCUT2D eigenvalue weighted by atomic mass is 16.5. The van der Waals surface area contributed by atoms with E-state index in [0.717, 1.165) is 91.1 Å². The van der Waals surface area contributed by atoms with Crippen molar-refractivity contribution in [2.75, 3.05) is 7.11 Å². The van der Waals surface area contributed by atoms with Crippen molar-refractivity contribution in [2.24, 2.45) is 26.8 Å². The van der Waals surface area contributed by atoms with Crippen molar-refractivity contribution in [3.8, 4) is 0 Å². The SMILES string of the molecule is CCC1=C(C)C2=NC1=CC1=C(C)C3=C(O)CC(=C4NC(=CC5=NC(=C2)C(c2cnco2)=C5C)[C@@H](C)[C@@H]4CCC(=O)OC)C3=N1. The van der Waals surface area contributed by atoms with Gasteiger partial charge in [-0.15, -0.1) is 0 Å². The van der Waals surface area contributed by atoms with Gasteiger partial charge in [-0.05, 0) is 74.1 Å². The zero-order valence-electron chi connectivity index (χ0n) is 25.8. The number of allylic oxidation sites excluding steroid dienone is 12. The number of fused-ring (bicyclic) bond motifs is 5. The van der Waals surface area contributed by atoms with Crippen molar-refractivity contribution in [3.63, 3.8) is 0 Å². The highest BCUT2D eigenvalue weighted by Crippen LogP contribution is 2.46. The van der Waals surface area contributed by atoms with E-state index in [9.17, 15) is 9.90 Å². The van der Waals surface area contributed by atoms with E-state index < -0.39 is 0 Å². The van der Waals surface area contributed by atoms with Crippen LogP contribution < -0.4 is 5.32 Å². The Labute approximate surface area is 256 Å². The van der Waals surface area contributed by atoms with Gasteiger partial charge in [0.05, 0.1) is 47.5 Å². The number of carbonyl (C=O) groups excluding carboxylic acids is 1. The van der Waals surface area contributed by atoms with Crippen molar-refractivity contribution >= 4 is 28.7 Å². The molecule has 1 aliphatic carbocycles. The molecule has 224 valence electrons. The first-order valence-corrected chi connectivity index (χ1v) is 15.1. The molecule has 1 fully saturated rings. The van der Waals surface area contributed by atoms with Gasteiger partial charge in [0, 0.05) is 52.8 Å². The molecule has 44 heavy (non-hydrogen) atoms. The monoisotopic (exact) mass is 589 g/mol. The van der Waals surface area contributed by atoms with Crippen LogP contribution in [0.3, 0.4) is 0 Å². The van der Waals surface area contributed by atoms with Gasteiger partial charge in [0.15, 0.2) is 12.2 Å². The first kappa shape index (κ1) is 28.0. The van der Waals surface area contributed by atoms with Crippen LogP contribution in [0, 0.1) is 11.8 Å². The standard InChI is InChI=1S/C35H35N5O4/c1-7-20-16(2)23-13-28-32(30-14-36-15-44-30)18(4)25(38-28)11-24-17(3)21(8-9-31(42)43-6)34(39-24)22-10-29(41)33-19(5)26(40-35(22)33)12-27(20)37-23/h11-15,17,21,39,41H,7-10H2,1-6H3/t17-,21-/m0/s1. The maximum absolute atomic E-state index is 12.2. The van der Waals surface area contributed by atoms with Crippen molar-refractivity contribution in [1.29, 1.82) is 0 Å². The van der Waals surface area contributed by atoms with E-state index in [2.05, 4.69) is 37.1 Å². The molecule has 0 unspecified atom stereocenters. The molecule has 9 nitrogen and oxygen atoms in total. The topological polar surface area (TPSA) is 122 Å². The van der Waals surface area contributed by atoms with Gasteiger partial charge < -0.3 is 19.6 Å². The number of hydrogen-bond donors (Lipinski definition) is 2. The maximum Gasteiger partial charge on any atom is 0.305 e. The van der Waals surface area contributed by atoms with Crippen LogP contribution in [0.5, 0.6) is 0 Å². The van der Waals surface area contributed by atoms with Gasteiger partial charge in [-0.2, -0.15) is 0 Å². The average molecular weight is 590 g/mol. The van der Waals surface area contributed by atoms with Gasteiger partial charge >= 0.3 is 5.97 Å². The fourth-order valence-corrected chi connectivity index (χ4v) is 7.13. The molecule has 5 aliphatic heterocycles. The fraction of sp³-hybridized carbons (Fsp3) is 0.343. The van der Waals surface area contributed by atoms with Crippen LogP contribution in [0.15, 0.2) is 118 Å². The van der Waals surface area contributed by atoms with Crippen LogP contribution in [0.2, 0.25) is 0 Å². The van der Waals surface area contributed by atoms with Gasteiger partial charge in [0.25, 0.3) is 0 Å². The normalized spacial score (nSPS) is 24.1. The molecule has 1 saturated heterocycles. The van der Waals surface area contributed by atoms with E-state index >= 15 is 0 Å². The highest BCUT2D eigenvalue weighted by molar-refractivity contribution is 6.22. The molecule has 6 heterocycles. The molecule has 0 saturated carbocycles. The van der Waals surface area contributed by atoms with Crippen LogP contribution in [-0.2, 0) is 9.53 Å². The summed E-state index contributed by atoms with van der Waals surface area (Å²) >= 11 is 0. The summed E-state index contributed by atoms with van der Waals surface area (Å²) < 4.78 is 10.8. The summed E-state index contributed by atoms with van der Waals surface area (Å²) in [5.74, 6) is 0.772. The second kappa shape index (κ2) is 10.4. The molecule has 0 amide bonds. The number of aliphatic hydroxyl groups excluding tert-OH is 1. The zero-order valence-corrected chi connectivity index (χ0v) is 25.8. The molecule has 1 aromatic heterocycles. The van der Waals surface area contributed by atoms with Crippen LogP contribution in [-0.4, -0.2) is 40.3 Å². The fourth-order valence-electron chi connectivity index (χ4n) is 7.13. The number of nitrogens with zero attached hydrogens (tertiary/aromatic N) is 4. The summed E-state index contributed by atoms with van der Waals surface area (Å²) in [4.78, 5) is 31.7. The quantitative estimate of drug-likeness (QED) is 0.366. The Morgan fingerprint density at radius 3 is 2.55 bits per heavy atom. The molecule has 6 aliphatic rings. The molecule has 0 radical (unpaired) electrons. The third-order valence-corrected chi connectivity index (χ3v) is 9.62.